The van der Waals surface area contributed by atoms with E-state index in [0.717, 1.165) is 23.2 Å². The summed E-state index contributed by atoms with van der Waals surface area (Å²) < 4.78 is 2.71. The molecule has 0 aliphatic heterocycles. The van der Waals surface area contributed by atoms with Gasteiger partial charge in [-0.3, -0.25) is 4.68 Å². The highest BCUT2D eigenvalue weighted by atomic mass is 127. The summed E-state index contributed by atoms with van der Waals surface area (Å²) in [5.74, 6) is 0. The Morgan fingerprint density at radius 3 is 2.67 bits per heavy atom. The van der Waals surface area contributed by atoms with Crippen LogP contribution in [0.4, 0.5) is 0 Å². The van der Waals surface area contributed by atoms with Gasteiger partial charge in [0.15, 0.2) is 0 Å². The normalized spacial score (nSPS) is 10.5. The first kappa shape index (κ1) is 10.6. The summed E-state index contributed by atoms with van der Waals surface area (Å²) in [5.41, 5.74) is 1.38. The monoisotopic (exact) mass is 313 g/mol. The molecule has 0 bridgehead atoms. The smallest absolute Gasteiger partial charge is 0.211 e. The van der Waals surface area contributed by atoms with Crippen molar-refractivity contribution in [3.8, 4) is 0 Å². The van der Waals surface area contributed by atoms with Gasteiger partial charge in [-0.15, -0.1) is 5.10 Å². The van der Waals surface area contributed by atoms with E-state index in [1.165, 1.54) is 5.56 Å². The molecule has 0 amide bonds. The van der Waals surface area contributed by atoms with Crippen molar-refractivity contribution < 1.29 is 0 Å². The van der Waals surface area contributed by atoms with Crippen molar-refractivity contribution in [2.75, 3.05) is 0 Å². The van der Waals surface area contributed by atoms with Crippen molar-refractivity contribution in [2.24, 2.45) is 0 Å². The molecule has 0 unspecified atom stereocenters. The van der Waals surface area contributed by atoms with Crippen LogP contribution in [0.15, 0.2) is 36.7 Å². The highest BCUT2D eigenvalue weighted by molar-refractivity contribution is 14.1. The van der Waals surface area contributed by atoms with Crippen molar-refractivity contribution in [2.45, 2.75) is 19.4 Å². The van der Waals surface area contributed by atoms with Crippen molar-refractivity contribution in [1.29, 1.82) is 0 Å². The van der Waals surface area contributed by atoms with Crippen LogP contribution in [0.5, 0.6) is 0 Å². The van der Waals surface area contributed by atoms with Gasteiger partial charge in [0.1, 0.15) is 6.33 Å². The number of hydrogen-bond donors (Lipinski definition) is 0. The lowest BCUT2D eigenvalue weighted by Crippen LogP contribution is -2.00. The van der Waals surface area contributed by atoms with Crippen LogP contribution in [0, 0.1) is 3.83 Å². The number of rotatable bonds is 4. The van der Waals surface area contributed by atoms with E-state index < -0.39 is 0 Å². The molecule has 0 aliphatic carbocycles. The van der Waals surface area contributed by atoms with Gasteiger partial charge in [-0.05, 0) is 18.4 Å². The van der Waals surface area contributed by atoms with E-state index >= 15 is 0 Å². The Kier molecular flexibility index (Phi) is 3.71. The van der Waals surface area contributed by atoms with Gasteiger partial charge in [-0.1, -0.05) is 30.3 Å². The maximum absolute atomic E-state index is 4.23. The van der Waals surface area contributed by atoms with Crippen molar-refractivity contribution in [3.63, 3.8) is 0 Å². The molecule has 0 saturated heterocycles. The summed E-state index contributed by atoms with van der Waals surface area (Å²) >= 11 is 2.12. The molecule has 2 aromatic rings. The second-order valence-corrected chi connectivity index (χ2v) is 4.33. The quantitative estimate of drug-likeness (QED) is 0.812. The molecule has 0 aliphatic rings. The maximum atomic E-state index is 4.23. The van der Waals surface area contributed by atoms with Gasteiger partial charge in [0, 0.05) is 29.1 Å². The molecule has 1 aromatic carbocycles. The predicted octanol–water partition coefficient (Wildman–Crippen LogP) is 2.52. The average molecular weight is 313 g/mol. The minimum atomic E-state index is 0.812. The summed E-state index contributed by atoms with van der Waals surface area (Å²) in [5, 5.41) is 4.23. The first-order valence-electron chi connectivity index (χ1n) is 4.93. The second-order valence-electron chi connectivity index (χ2n) is 3.37. The lowest BCUT2D eigenvalue weighted by atomic mass is 10.1. The SMILES string of the molecule is Ic1ncn(CCCc2ccccc2)n1. The molecule has 1 aromatic heterocycles. The number of aryl methyl sites for hydroxylation is 2. The molecule has 0 saturated carbocycles. The molecule has 0 N–H and O–H groups in total. The highest BCUT2D eigenvalue weighted by Gasteiger charge is 1.96. The minimum Gasteiger partial charge on any atom is -0.252 e. The Labute approximate surface area is 103 Å². The summed E-state index contributed by atoms with van der Waals surface area (Å²) in [6.45, 7) is 0.935. The summed E-state index contributed by atoms with van der Waals surface area (Å²) in [6, 6.07) is 10.5. The van der Waals surface area contributed by atoms with E-state index in [1.54, 1.807) is 6.33 Å². The molecule has 3 nitrogen and oxygen atoms in total. The van der Waals surface area contributed by atoms with E-state index in [4.69, 9.17) is 0 Å². The van der Waals surface area contributed by atoms with Crippen LogP contribution in [-0.4, -0.2) is 14.8 Å². The Hall–Kier alpha value is -0.910. The fraction of sp³-hybridized carbons (Fsp3) is 0.273. The zero-order valence-corrected chi connectivity index (χ0v) is 10.5. The molecule has 78 valence electrons. The van der Waals surface area contributed by atoms with Crippen molar-refractivity contribution in [3.05, 3.63) is 46.1 Å². The standard InChI is InChI=1S/C11H12IN3/c12-11-13-9-15(14-11)8-4-7-10-5-2-1-3-6-10/h1-3,5-6,9H,4,7-8H2. The lowest BCUT2D eigenvalue weighted by Gasteiger charge is -2.01. The fourth-order valence-electron chi connectivity index (χ4n) is 1.47. The molecule has 0 spiro atoms. The molecule has 1 heterocycles. The Balaban J connectivity index is 1.80. The fourth-order valence-corrected chi connectivity index (χ4v) is 1.87. The Morgan fingerprint density at radius 2 is 2.00 bits per heavy atom. The molecular formula is C11H12IN3. The minimum absolute atomic E-state index is 0.812. The van der Waals surface area contributed by atoms with Crippen LogP contribution in [0.2, 0.25) is 0 Å². The first-order chi connectivity index (χ1) is 7.34. The third-order valence-electron chi connectivity index (χ3n) is 2.20. The van der Waals surface area contributed by atoms with Crippen LogP contribution in [-0.2, 0) is 13.0 Å². The zero-order valence-electron chi connectivity index (χ0n) is 8.31. The van der Waals surface area contributed by atoms with Crippen LogP contribution in [0.3, 0.4) is 0 Å². The van der Waals surface area contributed by atoms with Gasteiger partial charge in [0.2, 0.25) is 3.83 Å². The van der Waals surface area contributed by atoms with E-state index in [1.807, 2.05) is 10.7 Å². The zero-order chi connectivity index (χ0) is 10.5. The molecule has 0 atom stereocenters. The molecular weight excluding hydrogens is 301 g/mol. The predicted molar refractivity (Wildman–Crippen MR) is 67.5 cm³/mol. The molecule has 15 heavy (non-hydrogen) atoms. The van der Waals surface area contributed by atoms with Crippen LogP contribution < -0.4 is 0 Å². The van der Waals surface area contributed by atoms with Crippen LogP contribution >= 0.6 is 22.6 Å². The molecule has 4 heteroatoms. The summed E-state index contributed by atoms with van der Waals surface area (Å²) in [7, 11) is 0. The second kappa shape index (κ2) is 5.25. The Morgan fingerprint density at radius 1 is 1.20 bits per heavy atom. The van der Waals surface area contributed by atoms with Crippen molar-refractivity contribution in [1.82, 2.24) is 14.8 Å². The van der Waals surface area contributed by atoms with Crippen LogP contribution in [0.1, 0.15) is 12.0 Å². The lowest BCUT2D eigenvalue weighted by molar-refractivity contribution is 0.575. The number of hydrogen-bond acceptors (Lipinski definition) is 2. The van der Waals surface area contributed by atoms with Gasteiger partial charge in [0.05, 0.1) is 0 Å². The average Bonchev–Trinajstić information content (AvgIpc) is 2.66. The number of benzene rings is 1. The first-order valence-corrected chi connectivity index (χ1v) is 6.01. The number of aromatic nitrogens is 3. The summed E-state index contributed by atoms with van der Waals surface area (Å²) in [4.78, 5) is 4.08. The van der Waals surface area contributed by atoms with E-state index in [-0.39, 0.29) is 0 Å². The third kappa shape index (κ3) is 3.30. The third-order valence-corrected chi connectivity index (χ3v) is 2.70. The summed E-state index contributed by atoms with van der Waals surface area (Å²) in [6.07, 6.45) is 3.98. The molecule has 0 radical (unpaired) electrons. The van der Waals surface area contributed by atoms with E-state index in [0.29, 0.717) is 0 Å². The van der Waals surface area contributed by atoms with Gasteiger partial charge >= 0.3 is 0 Å². The van der Waals surface area contributed by atoms with Crippen LogP contribution in [0.25, 0.3) is 0 Å². The largest absolute Gasteiger partial charge is 0.252 e. The maximum Gasteiger partial charge on any atom is 0.211 e. The number of halogens is 1. The molecule has 2 rings (SSSR count). The van der Waals surface area contributed by atoms with E-state index in [2.05, 4.69) is 56.9 Å². The highest BCUT2D eigenvalue weighted by Crippen LogP contribution is 2.03. The number of nitrogens with zero attached hydrogens (tertiary/aromatic N) is 3. The van der Waals surface area contributed by atoms with Crippen molar-refractivity contribution >= 4 is 22.6 Å². The van der Waals surface area contributed by atoms with Gasteiger partial charge in [0.25, 0.3) is 0 Å². The van der Waals surface area contributed by atoms with Gasteiger partial charge < -0.3 is 0 Å². The van der Waals surface area contributed by atoms with E-state index in [9.17, 15) is 0 Å². The molecule has 0 fully saturated rings. The van der Waals surface area contributed by atoms with Gasteiger partial charge in [-0.2, -0.15) is 0 Å². The Bertz CT molecular complexity index is 411. The topological polar surface area (TPSA) is 30.7 Å². The van der Waals surface area contributed by atoms with Gasteiger partial charge in [-0.25, -0.2) is 4.98 Å².